The number of hydrogen-bond acceptors (Lipinski definition) is 5. The Bertz CT molecular complexity index is 882. The number of nitrogens with zero attached hydrogens (tertiary/aromatic N) is 1. The first kappa shape index (κ1) is 21.0. The lowest BCUT2D eigenvalue weighted by Gasteiger charge is -2.32. The second-order valence-corrected chi connectivity index (χ2v) is 9.13. The molecule has 2 aliphatic rings. The van der Waals surface area contributed by atoms with Gasteiger partial charge in [0.2, 0.25) is 5.91 Å². The number of carboxylic acid groups (broad SMARTS) is 1. The lowest BCUT2D eigenvalue weighted by Crippen LogP contribution is -2.43. The number of aromatic carboxylic acids is 1. The highest BCUT2D eigenvalue weighted by Crippen LogP contribution is 2.39. The lowest BCUT2D eigenvalue weighted by molar-refractivity contribution is -0.125. The zero-order valence-corrected chi connectivity index (χ0v) is 17.9. The monoisotopic (exact) mass is 429 g/mol. The summed E-state index contributed by atoms with van der Waals surface area (Å²) in [5.41, 5.74) is 1.37. The van der Waals surface area contributed by atoms with Crippen molar-refractivity contribution in [1.82, 2.24) is 0 Å². The number of rotatable bonds is 6. The SMILES string of the molecule is CC1CCC(C(=O)N(CC2OCCO2)c2cc(-c3ccccc3)sc2C(=O)O)CC1. The third-order valence-electron chi connectivity index (χ3n) is 5.91. The van der Waals surface area contributed by atoms with Crippen molar-refractivity contribution >= 4 is 28.9 Å². The Kier molecular flexibility index (Phi) is 6.51. The Balaban J connectivity index is 1.69. The molecule has 0 atom stereocenters. The largest absolute Gasteiger partial charge is 0.477 e. The summed E-state index contributed by atoms with van der Waals surface area (Å²) in [6.07, 6.45) is 3.18. The van der Waals surface area contributed by atoms with Gasteiger partial charge in [-0.2, -0.15) is 0 Å². The Morgan fingerprint density at radius 2 is 1.77 bits per heavy atom. The number of anilines is 1. The molecule has 1 amide bonds. The van der Waals surface area contributed by atoms with Crippen LogP contribution in [0.15, 0.2) is 36.4 Å². The Hall–Kier alpha value is -2.22. The molecule has 1 saturated carbocycles. The second kappa shape index (κ2) is 9.29. The van der Waals surface area contributed by atoms with Crippen LogP contribution in [0.5, 0.6) is 0 Å². The van der Waals surface area contributed by atoms with Gasteiger partial charge in [0, 0.05) is 10.8 Å². The van der Waals surface area contributed by atoms with Crippen molar-refractivity contribution in [2.75, 3.05) is 24.7 Å². The Labute approximate surface area is 180 Å². The standard InChI is InChI=1S/C23H27NO5S/c1-15-7-9-17(10-8-15)22(25)24(14-20-28-11-12-29-20)18-13-19(30-21(18)23(26)27)16-5-3-2-4-6-16/h2-6,13,15,17,20H,7-12,14H2,1H3,(H,26,27). The van der Waals surface area contributed by atoms with Crippen LogP contribution in [0.2, 0.25) is 0 Å². The van der Waals surface area contributed by atoms with Crippen molar-refractivity contribution < 1.29 is 24.2 Å². The molecule has 1 N–H and O–H groups in total. The zero-order chi connectivity index (χ0) is 21.1. The first-order valence-electron chi connectivity index (χ1n) is 10.5. The molecule has 1 aliphatic heterocycles. The van der Waals surface area contributed by atoms with Crippen molar-refractivity contribution in [3.63, 3.8) is 0 Å². The number of benzene rings is 1. The molecule has 0 spiro atoms. The Morgan fingerprint density at radius 1 is 1.10 bits per heavy atom. The fourth-order valence-corrected chi connectivity index (χ4v) is 5.18. The van der Waals surface area contributed by atoms with Crippen LogP contribution in [-0.2, 0) is 14.3 Å². The summed E-state index contributed by atoms with van der Waals surface area (Å²) in [6.45, 7) is 3.39. The number of hydrogen-bond donors (Lipinski definition) is 1. The summed E-state index contributed by atoms with van der Waals surface area (Å²) in [6, 6.07) is 11.5. The summed E-state index contributed by atoms with van der Waals surface area (Å²) in [5, 5.41) is 9.87. The number of carboxylic acids is 1. The second-order valence-electron chi connectivity index (χ2n) is 8.07. The summed E-state index contributed by atoms with van der Waals surface area (Å²) in [5.74, 6) is -0.518. The van der Waals surface area contributed by atoms with E-state index in [0.717, 1.165) is 36.1 Å². The fraction of sp³-hybridized carbons (Fsp3) is 0.478. The topological polar surface area (TPSA) is 76.1 Å². The van der Waals surface area contributed by atoms with E-state index >= 15 is 0 Å². The number of thiophene rings is 1. The van der Waals surface area contributed by atoms with Gasteiger partial charge in [0.15, 0.2) is 6.29 Å². The van der Waals surface area contributed by atoms with Crippen LogP contribution in [0.1, 0.15) is 42.3 Å². The van der Waals surface area contributed by atoms with Crippen LogP contribution in [-0.4, -0.2) is 43.0 Å². The molecule has 2 heterocycles. The molecule has 0 unspecified atom stereocenters. The van der Waals surface area contributed by atoms with E-state index in [4.69, 9.17) is 9.47 Å². The molecule has 1 saturated heterocycles. The number of ether oxygens (including phenoxy) is 2. The van der Waals surface area contributed by atoms with E-state index in [1.807, 2.05) is 36.4 Å². The average molecular weight is 430 g/mol. The quantitative estimate of drug-likeness (QED) is 0.724. The molecule has 160 valence electrons. The van der Waals surface area contributed by atoms with Gasteiger partial charge in [0.05, 0.1) is 25.4 Å². The zero-order valence-electron chi connectivity index (χ0n) is 17.1. The van der Waals surface area contributed by atoms with Crippen LogP contribution in [0, 0.1) is 11.8 Å². The number of carbonyl (C=O) groups is 2. The van der Waals surface area contributed by atoms with E-state index in [9.17, 15) is 14.7 Å². The van der Waals surface area contributed by atoms with Crippen molar-refractivity contribution in [1.29, 1.82) is 0 Å². The maximum absolute atomic E-state index is 13.5. The number of amides is 1. The summed E-state index contributed by atoms with van der Waals surface area (Å²) < 4.78 is 11.2. The van der Waals surface area contributed by atoms with E-state index in [2.05, 4.69) is 6.92 Å². The van der Waals surface area contributed by atoms with Crippen molar-refractivity contribution in [2.45, 2.75) is 38.9 Å². The smallest absolute Gasteiger partial charge is 0.348 e. The molecule has 2 aromatic rings. The highest BCUT2D eigenvalue weighted by Gasteiger charge is 2.34. The molecular weight excluding hydrogens is 402 g/mol. The molecule has 6 nitrogen and oxygen atoms in total. The maximum Gasteiger partial charge on any atom is 0.348 e. The van der Waals surface area contributed by atoms with Gasteiger partial charge in [-0.3, -0.25) is 4.79 Å². The van der Waals surface area contributed by atoms with Crippen molar-refractivity contribution in [3.05, 3.63) is 41.3 Å². The first-order chi connectivity index (χ1) is 14.5. The van der Waals surface area contributed by atoms with E-state index in [1.54, 1.807) is 4.90 Å². The third kappa shape index (κ3) is 4.58. The van der Waals surface area contributed by atoms with Crippen LogP contribution in [0.4, 0.5) is 5.69 Å². The molecule has 4 rings (SSSR count). The maximum atomic E-state index is 13.5. The van der Waals surface area contributed by atoms with Gasteiger partial charge in [-0.1, -0.05) is 37.3 Å². The molecule has 0 bridgehead atoms. The van der Waals surface area contributed by atoms with Gasteiger partial charge in [0.25, 0.3) is 0 Å². The van der Waals surface area contributed by atoms with E-state index in [-0.39, 0.29) is 23.2 Å². The Morgan fingerprint density at radius 3 is 2.40 bits per heavy atom. The molecule has 7 heteroatoms. The summed E-state index contributed by atoms with van der Waals surface area (Å²) >= 11 is 1.20. The minimum atomic E-state index is -1.03. The number of carbonyl (C=O) groups excluding carboxylic acids is 1. The minimum absolute atomic E-state index is 0.0269. The van der Waals surface area contributed by atoms with Gasteiger partial charge in [-0.25, -0.2) is 4.79 Å². The molecule has 1 aliphatic carbocycles. The molecule has 2 fully saturated rings. The average Bonchev–Trinajstić information content (AvgIpc) is 3.43. The van der Waals surface area contributed by atoms with Crippen LogP contribution >= 0.6 is 11.3 Å². The first-order valence-corrected chi connectivity index (χ1v) is 11.3. The summed E-state index contributed by atoms with van der Waals surface area (Å²) in [7, 11) is 0. The molecule has 30 heavy (non-hydrogen) atoms. The predicted octanol–water partition coefficient (Wildman–Crippen LogP) is 4.65. The lowest BCUT2D eigenvalue weighted by atomic mass is 9.82. The molecule has 1 aromatic carbocycles. The van der Waals surface area contributed by atoms with Gasteiger partial charge in [-0.15, -0.1) is 11.3 Å². The van der Waals surface area contributed by atoms with Crippen molar-refractivity contribution in [2.24, 2.45) is 11.8 Å². The van der Waals surface area contributed by atoms with Crippen LogP contribution < -0.4 is 4.90 Å². The highest BCUT2D eigenvalue weighted by atomic mass is 32.1. The van der Waals surface area contributed by atoms with Crippen molar-refractivity contribution in [3.8, 4) is 10.4 Å². The molecule has 1 aromatic heterocycles. The third-order valence-corrected chi connectivity index (χ3v) is 7.07. The van der Waals surface area contributed by atoms with Gasteiger partial charge >= 0.3 is 5.97 Å². The van der Waals surface area contributed by atoms with E-state index < -0.39 is 12.3 Å². The van der Waals surface area contributed by atoms with Crippen LogP contribution in [0.3, 0.4) is 0 Å². The van der Waals surface area contributed by atoms with E-state index in [1.165, 1.54) is 11.3 Å². The molecular formula is C23H27NO5S. The predicted molar refractivity (Wildman–Crippen MR) is 116 cm³/mol. The van der Waals surface area contributed by atoms with Crippen LogP contribution in [0.25, 0.3) is 10.4 Å². The van der Waals surface area contributed by atoms with Gasteiger partial charge in [0.1, 0.15) is 4.88 Å². The minimum Gasteiger partial charge on any atom is -0.477 e. The summed E-state index contributed by atoms with van der Waals surface area (Å²) in [4.78, 5) is 28.2. The van der Waals surface area contributed by atoms with Gasteiger partial charge < -0.3 is 19.5 Å². The fourth-order valence-electron chi connectivity index (χ4n) is 4.18. The normalized spacial score (nSPS) is 22.2. The molecule has 0 radical (unpaired) electrons. The highest BCUT2D eigenvalue weighted by molar-refractivity contribution is 7.18. The van der Waals surface area contributed by atoms with Gasteiger partial charge in [-0.05, 0) is 43.2 Å². The van der Waals surface area contributed by atoms with E-state index in [0.29, 0.717) is 24.8 Å².